The van der Waals surface area contributed by atoms with Crippen molar-refractivity contribution in [1.29, 1.82) is 0 Å². The first kappa shape index (κ1) is 14.8. The number of hydrogen-bond acceptors (Lipinski definition) is 7. The highest BCUT2D eigenvalue weighted by Gasteiger charge is 2.23. The van der Waals surface area contributed by atoms with Crippen LogP contribution in [0.1, 0.15) is 10.4 Å². The average Bonchev–Trinajstić information content (AvgIpc) is 2.93. The molecule has 0 aliphatic carbocycles. The number of hydrogen-bond donors (Lipinski definition) is 2. The third kappa shape index (κ3) is 3.11. The van der Waals surface area contributed by atoms with E-state index in [1.54, 1.807) is 0 Å². The van der Waals surface area contributed by atoms with Gasteiger partial charge < -0.3 is 9.47 Å². The molecule has 0 bridgehead atoms. The van der Waals surface area contributed by atoms with Crippen molar-refractivity contribution in [3.63, 3.8) is 0 Å². The number of esters is 1. The number of sulfonamides is 1. The average molecular weight is 312 g/mol. The fourth-order valence-electron chi connectivity index (χ4n) is 1.55. The van der Waals surface area contributed by atoms with Crippen molar-refractivity contribution in [2.75, 3.05) is 18.9 Å². The maximum atomic E-state index is 12.3. The van der Waals surface area contributed by atoms with Gasteiger partial charge in [-0.05, 0) is 12.1 Å². The predicted molar refractivity (Wildman–Crippen MR) is 71.5 cm³/mol. The number of nitrogens with zero attached hydrogens (tertiary/aromatic N) is 2. The molecule has 0 radical (unpaired) electrons. The van der Waals surface area contributed by atoms with E-state index in [0.29, 0.717) is 0 Å². The first-order valence-corrected chi connectivity index (χ1v) is 7.13. The van der Waals surface area contributed by atoms with Crippen molar-refractivity contribution >= 4 is 21.9 Å². The molecule has 2 rings (SSSR count). The van der Waals surface area contributed by atoms with Crippen LogP contribution in [0, 0.1) is 0 Å². The molecule has 21 heavy (non-hydrogen) atoms. The van der Waals surface area contributed by atoms with Crippen LogP contribution in [0.5, 0.6) is 6.01 Å². The van der Waals surface area contributed by atoms with Crippen LogP contribution in [0.3, 0.4) is 0 Å². The van der Waals surface area contributed by atoms with Gasteiger partial charge in [0.25, 0.3) is 10.0 Å². The minimum absolute atomic E-state index is 0.0195. The van der Waals surface area contributed by atoms with E-state index in [0.717, 1.165) is 0 Å². The molecule has 0 unspecified atom stereocenters. The number of carbonyl (C=O) groups is 1. The molecule has 0 atom stereocenters. The van der Waals surface area contributed by atoms with E-state index in [2.05, 4.69) is 24.6 Å². The van der Waals surface area contributed by atoms with Crippen LogP contribution in [-0.2, 0) is 14.8 Å². The third-order valence-corrected chi connectivity index (χ3v) is 3.86. The Bertz CT molecular complexity index is 755. The lowest BCUT2D eigenvalue weighted by Gasteiger charge is -2.08. The number of aromatic nitrogens is 3. The molecule has 112 valence electrons. The Morgan fingerprint density at radius 3 is 2.62 bits per heavy atom. The van der Waals surface area contributed by atoms with Gasteiger partial charge in [-0.25, -0.2) is 23.0 Å². The number of benzene rings is 1. The predicted octanol–water partition coefficient (Wildman–Crippen LogP) is 0.401. The molecule has 10 heteroatoms. The molecule has 0 saturated carbocycles. The van der Waals surface area contributed by atoms with Gasteiger partial charge in [0.1, 0.15) is 4.90 Å². The molecule has 2 aromatic rings. The summed E-state index contributed by atoms with van der Waals surface area (Å²) >= 11 is 0. The van der Waals surface area contributed by atoms with Crippen molar-refractivity contribution in [3.05, 3.63) is 29.8 Å². The van der Waals surface area contributed by atoms with Gasteiger partial charge in [0, 0.05) is 0 Å². The zero-order valence-corrected chi connectivity index (χ0v) is 12.0. The smallest absolute Gasteiger partial charge is 0.339 e. The minimum atomic E-state index is -4.03. The molecule has 2 N–H and O–H groups in total. The van der Waals surface area contributed by atoms with Crippen LogP contribution >= 0.6 is 0 Å². The Kier molecular flexibility index (Phi) is 4.08. The molecular weight excluding hydrogens is 300 g/mol. The fourth-order valence-corrected chi connectivity index (χ4v) is 2.70. The minimum Gasteiger partial charge on any atom is -0.466 e. The lowest BCUT2D eigenvalue weighted by Crippen LogP contribution is -2.18. The summed E-state index contributed by atoms with van der Waals surface area (Å²) in [5.74, 6) is -0.891. The lowest BCUT2D eigenvalue weighted by atomic mass is 10.2. The summed E-state index contributed by atoms with van der Waals surface area (Å²) in [4.78, 5) is 15.1. The number of aromatic amines is 1. The molecule has 0 spiro atoms. The Balaban J connectivity index is 2.38. The summed E-state index contributed by atoms with van der Waals surface area (Å²) in [6.45, 7) is 0. The van der Waals surface area contributed by atoms with Gasteiger partial charge in [-0.15, -0.1) is 5.10 Å². The van der Waals surface area contributed by atoms with E-state index in [1.165, 1.54) is 38.5 Å². The van der Waals surface area contributed by atoms with E-state index < -0.39 is 16.0 Å². The second kappa shape index (κ2) is 5.79. The van der Waals surface area contributed by atoms with Gasteiger partial charge >= 0.3 is 12.0 Å². The van der Waals surface area contributed by atoms with E-state index >= 15 is 0 Å². The van der Waals surface area contributed by atoms with Crippen molar-refractivity contribution in [1.82, 2.24) is 15.2 Å². The summed E-state index contributed by atoms with van der Waals surface area (Å²) in [6, 6.07) is 5.63. The maximum Gasteiger partial charge on any atom is 0.339 e. The largest absolute Gasteiger partial charge is 0.466 e. The van der Waals surface area contributed by atoms with Gasteiger partial charge in [-0.2, -0.15) is 4.98 Å². The molecule has 9 nitrogen and oxygen atoms in total. The molecule has 1 aromatic heterocycles. The Hall–Kier alpha value is -2.62. The van der Waals surface area contributed by atoms with Crippen LogP contribution in [0.15, 0.2) is 29.2 Å². The highest BCUT2D eigenvalue weighted by atomic mass is 32.2. The standard InChI is InChI=1S/C11H12N4O5S/c1-19-9(16)7-5-3-4-6-8(7)21(17,18)15-10-12-11(20-2)14-13-10/h3-6H,1-2H3,(H2,12,13,14,15). The normalized spacial score (nSPS) is 11.0. The molecule has 0 aliphatic heterocycles. The van der Waals surface area contributed by atoms with E-state index in [4.69, 9.17) is 4.74 Å². The van der Waals surface area contributed by atoms with Gasteiger partial charge in [-0.1, -0.05) is 12.1 Å². The van der Waals surface area contributed by atoms with Gasteiger partial charge in [0.15, 0.2) is 0 Å². The summed E-state index contributed by atoms with van der Waals surface area (Å²) in [5, 5.41) is 5.96. The Morgan fingerprint density at radius 2 is 2.00 bits per heavy atom. The molecular formula is C11H12N4O5S. The Labute approximate surface area is 120 Å². The van der Waals surface area contributed by atoms with Crippen LogP contribution < -0.4 is 9.46 Å². The zero-order valence-electron chi connectivity index (χ0n) is 11.2. The molecule has 1 aromatic carbocycles. The van der Waals surface area contributed by atoms with Crippen molar-refractivity contribution in [3.8, 4) is 6.01 Å². The summed E-state index contributed by atoms with van der Waals surface area (Å²) < 4.78 is 36.0. The molecule has 0 amide bonds. The first-order chi connectivity index (χ1) is 9.97. The molecule has 0 saturated heterocycles. The lowest BCUT2D eigenvalue weighted by molar-refractivity contribution is 0.0596. The van der Waals surface area contributed by atoms with Crippen molar-refractivity contribution < 1.29 is 22.7 Å². The molecule has 1 heterocycles. The van der Waals surface area contributed by atoms with Crippen molar-refractivity contribution in [2.45, 2.75) is 4.90 Å². The summed E-state index contributed by atoms with van der Waals surface area (Å²) in [6.07, 6.45) is 0. The topological polar surface area (TPSA) is 123 Å². The van der Waals surface area contributed by atoms with E-state index in [9.17, 15) is 13.2 Å². The first-order valence-electron chi connectivity index (χ1n) is 5.64. The Morgan fingerprint density at radius 1 is 1.29 bits per heavy atom. The third-order valence-electron chi connectivity index (χ3n) is 2.46. The van der Waals surface area contributed by atoms with Crippen LogP contribution in [0.4, 0.5) is 5.95 Å². The summed E-state index contributed by atoms with van der Waals surface area (Å²) in [7, 11) is -1.53. The number of methoxy groups -OCH3 is 2. The zero-order chi connectivity index (χ0) is 15.5. The van der Waals surface area contributed by atoms with Gasteiger partial charge in [0.2, 0.25) is 5.95 Å². The highest BCUT2D eigenvalue weighted by Crippen LogP contribution is 2.19. The van der Waals surface area contributed by atoms with Crippen molar-refractivity contribution in [2.24, 2.45) is 0 Å². The maximum absolute atomic E-state index is 12.3. The van der Waals surface area contributed by atoms with E-state index in [1.807, 2.05) is 0 Å². The second-order valence-corrected chi connectivity index (χ2v) is 5.41. The van der Waals surface area contributed by atoms with Gasteiger partial charge in [-0.3, -0.25) is 0 Å². The quantitative estimate of drug-likeness (QED) is 0.766. The van der Waals surface area contributed by atoms with Crippen LogP contribution in [0.2, 0.25) is 0 Å². The number of H-pyrrole nitrogens is 1. The monoisotopic (exact) mass is 312 g/mol. The SMILES string of the molecule is COC(=O)c1ccccc1S(=O)(=O)Nc1nc(OC)n[nH]1. The van der Waals surface area contributed by atoms with Gasteiger partial charge in [0.05, 0.1) is 19.8 Å². The summed E-state index contributed by atoms with van der Waals surface area (Å²) in [5.41, 5.74) is -0.0843. The number of rotatable bonds is 5. The number of carbonyl (C=O) groups excluding carboxylic acids is 1. The number of nitrogens with one attached hydrogen (secondary N) is 2. The van der Waals surface area contributed by atoms with Crippen LogP contribution in [-0.4, -0.2) is 43.8 Å². The number of anilines is 1. The molecule has 0 aliphatic rings. The van der Waals surface area contributed by atoms with E-state index in [-0.39, 0.29) is 22.4 Å². The molecule has 0 fully saturated rings. The second-order valence-electron chi connectivity index (χ2n) is 3.76. The fraction of sp³-hybridized carbons (Fsp3) is 0.182. The van der Waals surface area contributed by atoms with Crippen LogP contribution in [0.25, 0.3) is 0 Å². The number of ether oxygens (including phenoxy) is 2. The highest BCUT2D eigenvalue weighted by molar-refractivity contribution is 7.92.